The summed E-state index contributed by atoms with van der Waals surface area (Å²) in [6.07, 6.45) is 8.70. The molecule has 2 nitrogen and oxygen atoms in total. The van der Waals surface area contributed by atoms with E-state index >= 15 is 0 Å². The molecule has 0 aliphatic heterocycles. The SMILES string of the molecule is CCC1CCC(CC(C)CNCCOC)CC1. The minimum Gasteiger partial charge on any atom is -0.383 e. The van der Waals surface area contributed by atoms with Crippen LogP contribution in [0.3, 0.4) is 0 Å². The molecule has 0 radical (unpaired) electrons. The van der Waals surface area contributed by atoms with Crippen molar-refractivity contribution < 1.29 is 4.74 Å². The Morgan fingerprint density at radius 1 is 1.18 bits per heavy atom. The van der Waals surface area contributed by atoms with E-state index in [0.717, 1.165) is 37.5 Å². The molecular formula is C15H31NO. The molecule has 102 valence electrons. The van der Waals surface area contributed by atoms with Crippen molar-refractivity contribution in [3.05, 3.63) is 0 Å². The molecule has 0 bridgehead atoms. The normalized spacial score (nSPS) is 27.0. The molecule has 1 aliphatic carbocycles. The molecule has 0 aromatic carbocycles. The van der Waals surface area contributed by atoms with Gasteiger partial charge in [0.1, 0.15) is 0 Å². The Hall–Kier alpha value is -0.0800. The van der Waals surface area contributed by atoms with Crippen molar-refractivity contribution >= 4 is 0 Å². The summed E-state index contributed by atoms with van der Waals surface area (Å²) in [7, 11) is 1.76. The Balaban J connectivity index is 2.04. The third-order valence-electron chi connectivity index (χ3n) is 4.26. The van der Waals surface area contributed by atoms with E-state index in [0.29, 0.717) is 0 Å². The predicted octanol–water partition coefficient (Wildman–Crippen LogP) is 3.47. The second-order valence-electron chi connectivity index (χ2n) is 5.83. The molecule has 0 heterocycles. The minimum absolute atomic E-state index is 0.815. The van der Waals surface area contributed by atoms with Gasteiger partial charge in [0.25, 0.3) is 0 Å². The van der Waals surface area contributed by atoms with Gasteiger partial charge in [-0.15, -0.1) is 0 Å². The van der Waals surface area contributed by atoms with Crippen LogP contribution in [0.2, 0.25) is 0 Å². The first-order valence-electron chi connectivity index (χ1n) is 7.45. The molecule has 1 saturated carbocycles. The van der Waals surface area contributed by atoms with E-state index in [1.165, 1.54) is 38.5 Å². The summed E-state index contributed by atoms with van der Waals surface area (Å²) in [4.78, 5) is 0. The fraction of sp³-hybridized carbons (Fsp3) is 1.00. The third-order valence-corrected chi connectivity index (χ3v) is 4.26. The molecular weight excluding hydrogens is 210 g/mol. The molecule has 0 spiro atoms. The van der Waals surface area contributed by atoms with Crippen LogP contribution in [0.25, 0.3) is 0 Å². The summed E-state index contributed by atoms with van der Waals surface area (Å²) in [5.41, 5.74) is 0. The summed E-state index contributed by atoms with van der Waals surface area (Å²) in [5, 5.41) is 3.47. The number of rotatable bonds is 8. The van der Waals surface area contributed by atoms with Crippen LogP contribution in [-0.4, -0.2) is 26.8 Å². The van der Waals surface area contributed by atoms with Crippen molar-refractivity contribution in [3.8, 4) is 0 Å². The topological polar surface area (TPSA) is 21.3 Å². The molecule has 1 fully saturated rings. The fourth-order valence-corrected chi connectivity index (χ4v) is 3.05. The van der Waals surface area contributed by atoms with Gasteiger partial charge in [-0.2, -0.15) is 0 Å². The van der Waals surface area contributed by atoms with Gasteiger partial charge >= 0.3 is 0 Å². The molecule has 2 heteroatoms. The lowest BCUT2D eigenvalue weighted by Crippen LogP contribution is -2.26. The Labute approximate surface area is 108 Å². The Bertz CT molecular complexity index is 176. The van der Waals surface area contributed by atoms with Gasteiger partial charge in [-0.3, -0.25) is 0 Å². The lowest BCUT2D eigenvalue weighted by molar-refractivity contribution is 0.195. The second-order valence-corrected chi connectivity index (χ2v) is 5.83. The zero-order valence-electron chi connectivity index (χ0n) is 12.0. The molecule has 0 saturated heterocycles. The Morgan fingerprint density at radius 3 is 2.41 bits per heavy atom. The first-order valence-corrected chi connectivity index (χ1v) is 7.45. The third kappa shape index (κ3) is 6.42. The molecule has 17 heavy (non-hydrogen) atoms. The molecule has 1 unspecified atom stereocenters. The zero-order valence-corrected chi connectivity index (χ0v) is 12.0. The van der Waals surface area contributed by atoms with E-state index in [2.05, 4.69) is 19.2 Å². The van der Waals surface area contributed by atoms with E-state index in [-0.39, 0.29) is 0 Å². The summed E-state index contributed by atoms with van der Waals surface area (Å²) in [6, 6.07) is 0. The van der Waals surface area contributed by atoms with Crippen LogP contribution >= 0.6 is 0 Å². The summed E-state index contributed by atoms with van der Waals surface area (Å²) in [6.45, 7) is 7.69. The first-order chi connectivity index (χ1) is 8.26. The molecule has 1 N–H and O–H groups in total. The lowest BCUT2D eigenvalue weighted by Gasteiger charge is -2.29. The molecule has 1 atom stereocenters. The Morgan fingerprint density at radius 2 is 1.82 bits per heavy atom. The van der Waals surface area contributed by atoms with E-state index < -0.39 is 0 Å². The average Bonchev–Trinajstić information content (AvgIpc) is 2.36. The van der Waals surface area contributed by atoms with Gasteiger partial charge in [0, 0.05) is 13.7 Å². The number of nitrogens with one attached hydrogen (secondary N) is 1. The van der Waals surface area contributed by atoms with Crippen LogP contribution in [0.1, 0.15) is 52.4 Å². The quantitative estimate of drug-likeness (QED) is 0.657. The van der Waals surface area contributed by atoms with Crippen LogP contribution in [0.15, 0.2) is 0 Å². The molecule has 1 rings (SSSR count). The van der Waals surface area contributed by atoms with Gasteiger partial charge in [-0.25, -0.2) is 0 Å². The van der Waals surface area contributed by atoms with Crippen molar-refractivity contribution in [3.63, 3.8) is 0 Å². The van der Waals surface area contributed by atoms with E-state index in [4.69, 9.17) is 4.74 Å². The number of methoxy groups -OCH3 is 1. The highest BCUT2D eigenvalue weighted by Gasteiger charge is 2.21. The van der Waals surface area contributed by atoms with Gasteiger partial charge in [-0.05, 0) is 30.7 Å². The van der Waals surface area contributed by atoms with Gasteiger partial charge in [0.2, 0.25) is 0 Å². The number of hydrogen-bond donors (Lipinski definition) is 1. The fourth-order valence-electron chi connectivity index (χ4n) is 3.05. The van der Waals surface area contributed by atoms with Crippen LogP contribution in [-0.2, 0) is 4.74 Å². The number of ether oxygens (including phenoxy) is 1. The standard InChI is InChI=1S/C15H31NO/c1-4-14-5-7-15(8-6-14)11-13(2)12-16-9-10-17-3/h13-16H,4-12H2,1-3H3. The maximum absolute atomic E-state index is 5.04. The monoisotopic (exact) mass is 241 g/mol. The second kappa shape index (κ2) is 8.93. The molecule has 0 aromatic heterocycles. The summed E-state index contributed by atoms with van der Waals surface area (Å²) in [5.74, 6) is 2.84. The highest BCUT2D eigenvalue weighted by molar-refractivity contribution is 4.74. The van der Waals surface area contributed by atoms with Crippen LogP contribution in [0.4, 0.5) is 0 Å². The molecule has 0 aromatic rings. The van der Waals surface area contributed by atoms with E-state index in [1.54, 1.807) is 7.11 Å². The minimum atomic E-state index is 0.815. The highest BCUT2D eigenvalue weighted by Crippen LogP contribution is 2.33. The lowest BCUT2D eigenvalue weighted by atomic mass is 9.77. The first kappa shape index (κ1) is 15.0. The zero-order chi connectivity index (χ0) is 12.5. The number of hydrogen-bond acceptors (Lipinski definition) is 2. The van der Waals surface area contributed by atoms with Crippen LogP contribution < -0.4 is 5.32 Å². The average molecular weight is 241 g/mol. The summed E-state index contributed by atoms with van der Waals surface area (Å²) < 4.78 is 5.04. The van der Waals surface area contributed by atoms with Crippen molar-refractivity contribution in [2.24, 2.45) is 17.8 Å². The maximum Gasteiger partial charge on any atom is 0.0587 e. The smallest absolute Gasteiger partial charge is 0.0587 e. The highest BCUT2D eigenvalue weighted by atomic mass is 16.5. The van der Waals surface area contributed by atoms with Crippen molar-refractivity contribution in [1.82, 2.24) is 5.32 Å². The predicted molar refractivity (Wildman–Crippen MR) is 74.3 cm³/mol. The summed E-state index contributed by atoms with van der Waals surface area (Å²) >= 11 is 0. The van der Waals surface area contributed by atoms with E-state index in [9.17, 15) is 0 Å². The largest absolute Gasteiger partial charge is 0.383 e. The Kier molecular flexibility index (Phi) is 7.87. The van der Waals surface area contributed by atoms with Crippen molar-refractivity contribution in [1.29, 1.82) is 0 Å². The van der Waals surface area contributed by atoms with Gasteiger partial charge in [-0.1, -0.05) is 46.0 Å². The van der Waals surface area contributed by atoms with Gasteiger partial charge in [0.05, 0.1) is 6.61 Å². The van der Waals surface area contributed by atoms with Gasteiger partial charge < -0.3 is 10.1 Å². The van der Waals surface area contributed by atoms with Crippen molar-refractivity contribution in [2.75, 3.05) is 26.8 Å². The van der Waals surface area contributed by atoms with Crippen LogP contribution in [0.5, 0.6) is 0 Å². The maximum atomic E-state index is 5.04. The van der Waals surface area contributed by atoms with E-state index in [1.807, 2.05) is 0 Å². The molecule has 0 amide bonds. The van der Waals surface area contributed by atoms with Crippen LogP contribution in [0, 0.1) is 17.8 Å². The molecule has 1 aliphatic rings. The van der Waals surface area contributed by atoms with Gasteiger partial charge in [0.15, 0.2) is 0 Å². The van der Waals surface area contributed by atoms with Crippen molar-refractivity contribution in [2.45, 2.75) is 52.4 Å².